The van der Waals surface area contributed by atoms with Crippen molar-refractivity contribution in [2.24, 2.45) is 5.92 Å². The number of ether oxygens (including phenoxy) is 3. The van der Waals surface area contributed by atoms with Crippen LogP contribution in [0, 0.1) is 5.92 Å². The van der Waals surface area contributed by atoms with E-state index in [1.807, 2.05) is 67.7 Å². The van der Waals surface area contributed by atoms with E-state index in [2.05, 4.69) is 39.1 Å². The Morgan fingerprint density at radius 3 is 2.40 bits per heavy atom. The zero-order valence-electron chi connectivity index (χ0n) is 28.8. The second-order valence-electron chi connectivity index (χ2n) is 13.4. The van der Waals surface area contributed by atoms with E-state index in [0.717, 1.165) is 34.6 Å². The molecule has 0 bridgehead atoms. The molecule has 0 saturated carbocycles. The highest BCUT2D eigenvalue weighted by molar-refractivity contribution is 5.94. The lowest BCUT2D eigenvalue weighted by atomic mass is 10.0. The van der Waals surface area contributed by atoms with E-state index in [9.17, 15) is 9.59 Å². The number of rotatable bonds is 12. The predicted octanol–water partition coefficient (Wildman–Crippen LogP) is 5.55. The van der Waals surface area contributed by atoms with Crippen molar-refractivity contribution in [2.75, 3.05) is 44.3 Å². The third-order valence-electron chi connectivity index (χ3n) is 7.85. The molecule has 256 valence electrons. The number of amides is 2. The van der Waals surface area contributed by atoms with E-state index in [1.54, 1.807) is 30.6 Å². The van der Waals surface area contributed by atoms with E-state index in [0.29, 0.717) is 63.2 Å². The fraction of sp³-hybridized carbons (Fsp3) is 0.472. The molecule has 3 heterocycles. The summed E-state index contributed by atoms with van der Waals surface area (Å²) in [4.78, 5) is 38.9. The molecule has 0 aliphatic carbocycles. The maximum absolute atomic E-state index is 13.4. The predicted molar refractivity (Wildman–Crippen MR) is 185 cm³/mol. The van der Waals surface area contributed by atoms with Gasteiger partial charge < -0.3 is 29.3 Å². The highest BCUT2D eigenvalue weighted by Crippen LogP contribution is 2.25. The van der Waals surface area contributed by atoms with Gasteiger partial charge in [0.25, 0.3) is 5.91 Å². The lowest BCUT2D eigenvalue weighted by molar-refractivity contribution is 0.0479. The summed E-state index contributed by atoms with van der Waals surface area (Å²) in [6.07, 6.45) is 3.67. The van der Waals surface area contributed by atoms with Gasteiger partial charge >= 0.3 is 6.09 Å². The van der Waals surface area contributed by atoms with Gasteiger partial charge in [-0.1, -0.05) is 26.0 Å². The number of hydrogen-bond acceptors (Lipinski definition) is 9. The van der Waals surface area contributed by atoms with Crippen molar-refractivity contribution in [1.82, 2.24) is 30.0 Å². The van der Waals surface area contributed by atoms with E-state index in [-0.39, 0.29) is 11.9 Å². The van der Waals surface area contributed by atoms with E-state index in [1.165, 1.54) is 0 Å². The molecule has 1 aliphatic rings. The van der Waals surface area contributed by atoms with Crippen LogP contribution in [0.1, 0.15) is 63.9 Å². The van der Waals surface area contributed by atoms with Crippen molar-refractivity contribution in [3.63, 3.8) is 0 Å². The van der Waals surface area contributed by atoms with Crippen molar-refractivity contribution >= 4 is 28.9 Å². The average molecular weight is 658 g/mol. The van der Waals surface area contributed by atoms with Gasteiger partial charge in [-0.2, -0.15) is 5.10 Å². The molecule has 1 fully saturated rings. The molecule has 0 radical (unpaired) electrons. The summed E-state index contributed by atoms with van der Waals surface area (Å²) in [5, 5.41) is 8.42. The van der Waals surface area contributed by atoms with Crippen LogP contribution < -0.4 is 19.7 Å². The van der Waals surface area contributed by atoms with Crippen LogP contribution in [-0.2, 0) is 11.3 Å². The Hall–Kier alpha value is -4.87. The third-order valence-corrected chi connectivity index (χ3v) is 7.85. The van der Waals surface area contributed by atoms with Crippen molar-refractivity contribution in [3.8, 4) is 11.5 Å². The number of aromatic nitrogens is 4. The zero-order chi connectivity index (χ0) is 34.3. The summed E-state index contributed by atoms with van der Waals surface area (Å²) in [5.74, 6) is 2.62. The maximum Gasteiger partial charge on any atom is 0.407 e. The number of fused-ring (bicyclic) bond motifs is 1. The first kappa shape index (κ1) is 34.5. The van der Waals surface area contributed by atoms with Gasteiger partial charge in [-0.3, -0.25) is 4.79 Å². The quantitative estimate of drug-likeness (QED) is 0.209. The number of carbonyl (C=O) groups excluding carboxylic acids is 2. The molecule has 2 aromatic heterocycles. The fourth-order valence-electron chi connectivity index (χ4n) is 5.73. The number of piperazine rings is 1. The van der Waals surface area contributed by atoms with Crippen molar-refractivity contribution in [3.05, 3.63) is 72.2 Å². The summed E-state index contributed by atoms with van der Waals surface area (Å²) >= 11 is 0. The molecule has 1 saturated heterocycles. The molecule has 1 aliphatic heterocycles. The summed E-state index contributed by atoms with van der Waals surface area (Å²) in [5.41, 5.74) is 1.86. The molecular weight excluding hydrogens is 610 g/mol. The van der Waals surface area contributed by atoms with Gasteiger partial charge in [0.2, 0.25) is 0 Å². The largest absolute Gasteiger partial charge is 0.494 e. The molecule has 0 unspecified atom stereocenters. The fourth-order valence-corrected chi connectivity index (χ4v) is 5.73. The van der Waals surface area contributed by atoms with Crippen LogP contribution >= 0.6 is 0 Å². The van der Waals surface area contributed by atoms with Crippen molar-refractivity contribution in [2.45, 2.75) is 66.2 Å². The zero-order valence-corrected chi connectivity index (χ0v) is 28.8. The van der Waals surface area contributed by atoms with Gasteiger partial charge in [0.05, 0.1) is 30.8 Å². The Kier molecular flexibility index (Phi) is 11.0. The van der Waals surface area contributed by atoms with E-state index >= 15 is 0 Å². The SMILES string of the molecule is CCOc1cccc(Cn2ncc3c(N4CCN(C(=O)c5ccc(OC[C@H](CC(C)C)NC(=O)OC(C)(C)C)cc5)CC4)ncnc32)c1. The molecule has 12 heteroatoms. The highest BCUT2D eigenvalue weighted by Gasteiger charge is 2.25. The number of benzene rings is 2. The summed E-state index contributed by atoms with van der Waals surface area (Å²) < 4.78 is 18.9. The maximum atomic E-state index is 13.4. The minimum Gasteiger partial charge on any atom is -0.494 e. The van der Waals surface area contributed by atoms with Crippen LogP contribution in [0.5, 0.6) is 11.5 Å². The summed E-state index contributed by atoms with van der Waals surface area (Å²) in [6.45, 7) is 15.5. The minimum absolute atomic E-state index is 0.0274. The molecule has 48 heavy (non-hydrogen) atoms. The second-order valence-corrected chi connectivity index (χ2v) is 13.4. The molecule has 2 aromatic carbocycles. The van der Waals surface area contributed by atoms with Gasteiger partial charge in [-0.05, 0) is 82.0 Å². The lowest BCUT2D eigenvalue weighted by Crippen LogP contribution is -2.49. The molecule has 5 rings (SSSR count). The number of nitrogens with zero attached hydrogens (tertiary/aromatic N) is 6. The van der Waals surface area contributed by atoms with Crippen LogP contribution in [-0.4, -0.2) is 87.7 Å². The smallest absolute Gasteiger partial charge is 0.407 e. The monoisotopic (exact) mass is 657 g/mol. The lowest BCUT2D eigenvalue weighted by Gasteiger charge is -2.35. The molecular formula is C36H47N7O5. The number of carbonyl (C=O) groups is 2. The van der Waals surface area contributed by atoms with Crippen LogP contribution in [0.2, 0.25) is 0 Å². The van der Waals surface area contributed by atoms with Crippen LogP contribution in [0.25, 0.3) is 11.0 Å². The Morgan fingerprint density at radius 2 is 1.71 bits per heavy atom. The summed E-state index contributed by atoms with van der Waals surface area (Å²) in [7, 11) is 0. The van der Waals surface area contributed by atoms with Crippen molar-refractivity contribution in [1.29, 1.82) is 0 Å². The number of alkyl carbamates (subject to hydrolysis) is 1. The van der Waals surface area contributed by atoms with Crippen LogP contribution in [0.3, 0.4) is 0 Å². The molecule has 1 N–H and O–H groups in total. The van der Waals surface area contributed by atoms with Gasteiger partial charge in [-0.25, -0.2) is 19.4 Å². The molecule has 1 atom stereocenters. The van der Waals surface area contributed by atoms with Gasteiger partial charge in [0.15, 0.2) is 5.65 Å². The Bertz CT molecular complexity index is 1670. The van der Waals surface area contributed by atoms with Gasteiger partial charge in [0.1, 0.15) is 35.9 Å². The van der Waals surface area contributed by atoms with Gasteiger partial charge in [-0.15, -0.1) is 0 Å². The van der Waals surface area contributed by atoms with Crippen LogP contribution in [0.4, 0.5) is 10.6 Å². The second kappa shape index (κ2) is 15.4. The summed E-state index contributed by atoms with van der Waals surface area (Å²) in [6, 6.07) is 15.0. The number of hydrogen-bond donors (Lipinski definition) is 1. The van der Waals surface area contributed by atoms with Gasteiger partial charge in [0, 0.05) is 31.7 Å². The molecule has 4 aromatic rings. The van der Waals surface area contributed by atoms with Crippen molar-refractivity contribution < 1.29 is 23.8 Å². The molecule has 12 nitrogen and oxygen atoms in total. The Labute approximate surface area is 282 Å². The standard InChI is InChI=1S/C36H47N7O5/c1-7-46-30-10-8-9-26(20-30)22-43-33-31(21-39-43)32(37-24-38-33)41-15-17-42(18-16-41)34(44)27-11-13-29(14-12-27)47-23-28(19-25(2)3)40-35(45)48-36(4,5)6/h8-14,20-21,24-25,28H,7,15-19,22-23H2,1-6H3,(H,40,45)/t28-/m0/s1. The first-order chi connectivity index (χ1) is 23.0. The highest BCUT2D eigenvalue weighted by atomic mass is 16.6. The number of nitrogens with one attached hydrogen (secondary N) is 1. The normalized spacial score (nSPS) is 14.2. The Balaban J connectivity index is 1.16. The first-order valence-electron chi connectivity index (χ1n) is 16.6. The first-order valence-corrected chi connectivity index (χ1v) is 16.6. The number of anilines is 1. The minimum atomic E-state index is -0.576. The molecule has 2 amide bonds. The van der Waals surface area contributed by atoms with E-state index in [4.69, 9.17) is 14.2 Å². The Morgan fingerprint density at radius 1 is 0.958 bits per heavy atom. The third kappa shape index (κ3) is 9.14. The topological polar surface area (TPSA) is 124 Å². The van der Waals surface area contributed by atoms with E-state index < -0.39 is 11.7 Å². The molecule has 0 spiro atoms. The van der Waals surface area contributed by atoms with Crippen LogP contribution in [0.15, 0.2) is 61.1 Å². The average Bonchev–Trinajstić information content (AvgIpc) is 3.45.